The maximum Gasteiger partial charge on any atom is 0.224 e. The Labute approximate surface area is 96.6 Å². The Morgan fingerprint density at radius 1 is 1.38 bits per heavy atom. The molecule has 0 aliphatic carbocycles. The summed E-state index contributed by atoms with van der Waals surface area (Å²) in [5.41, 5.74) is 1.08. The molecule has 0 bridgehead atoms. The SMILES string of the molecule is CC1CN(C(C)(O)OCc2ccccc2)C1. The Balaban J connectivity index is 1.85. The fourth-order valence-electron chi connectivity index (χ4n) is 1.92. The molecule has 1 unspecified atom stereocenters. The van der Waals surface area contributed by atoms with Crippen molar-refractivity contribution in [2.45, 2.75) is 26.4 Å². The summed E-state index contributed by atoms with van der Waals surface area (Å²) in [6, 6.07) is 9.90. The van der Waals surface area contributed by atoms with E-state index in [0.717, 1.165) is 18.7 Å². The van der Waals surface area contributed by atoms with E-state index in [9.17, 15) is 5.11 Å². The number of hydrogen-bond donors (Lipinski definition) is 1. The van der Waals surface area contributed by atoms with Gasteiger partial charge in [-0.15, -0.1) is 0 Å². The van der Waals surface area contributed by atoms with E-state index in [4.69, 9.17) is 4.74 Å². The van der Waals surface area contributed by atoms with Gasteiger partial charge in [0.25, 0.3) is 0 Å². The Bertz CT molecular complexity index is 331. The van der Waals surface area contributed by atoms with E-state index in [1.807, 2.05) is 35.2 Å². The van der Waals surface area contributed by atoms with Crippen molar-refractivity contribution in [1.82, 2.24) is 4.90 Å². The van der Waals surface area contributed by atoms with Crippen molar-refractivity contribution in [1.29, 1.82) is 0 Å². The molecule has 3 heteroatoms. The molecule has 0 aromatic heterocycles. The second kappa shape index (κ2) is 4.53. The van der Waals surface area contributed by atoms with Crippen LogP contribution >= 0.6 is 0 Å². The lowest BCUT2D eigenvalue weighted by molar-refractivity contribution is -0.309. The first-order valence-corrected chi connectivity index (χ1v) is 5.73. The number of nitrogens with zero attached hydrogens (tertiary/aromatic N) is 1. The minimum absolute atomic E-state index is 0.443. The van der Waals surface area contributed by atoms with E-state index >= 15 is 0 Å². The highest BCUT2D eigenvalue weighted by atomic mass is 16.6. The van der Waals surface area contributed by atoms with E-state index in [2.05, 4.69) is 6.92 Å². The smallest absolute Gasteiger partial charge is 0.224 e. The zero-order valence-electron chi connectivity index (χ0n) is 9.89. The number of rotatable bonds is 4. The summed E-state index contributed by atoms with van der Waals surface area (Å²) in [6.07, 6.45) is 0. The van der Waals surface area contributed by atoms with Gasteiger partial charge in [-0.05, 0) is 11.5 Å². The van der Waals surface area contributed by atoms with Crippen molar-refractivity contribution < 1.29 is 9.84 Å². The second-order valence-electron chi connectivity index (χ2n) is 4.72. The fourth-order valence-corrected chi connectivity index (χ4v) is 1.92. The van der Waals surface area contributed by atoms with Crippen LogP contribution in [0.15, 0.2) is 30.3 Å². The molecule has 1 atom stereocenters. The topological polar surface area (TPSA) is 32.7 Å². The molecule has 1 aromatic rings. The van der Waals surface area contributed by atoms with Gasteiger partial charge in [-0.25, -0.2) is 0 Å². The van der Waals surface area contributed by atoms with Crippen LogP contribution in [-0.4, -0.2) is 29.0 Å². The first-order valence-electron chi connectivity index (χ1n) is 5.73. The van der Waals surface area contributed by atoms with Gasteiger partial charge in [0.1, 0.15) is 0 Å². The molecular formula is C13H19NO2. The molecular weight excluding hydrogens is 202 g/mol. The van der Waals surface area contributed by atoms with Crippen molar-refractivity contribution in [3.63, 3.8) is 0 Å². The van der Waals surface area contributed by atoms with E-state index < -0.39 is 5.91 Å². The summed E-state index contributed by atoms with van der Waals surface area (Å²) in [5, 5.41) is 10.1. The molecule has 1 N–H and O–H groups in total. The summed E-state index contributed by atoms with van der Waals surface area (Å²) in [7, 11) is 0. The maximum atomic E-state index is 10.1. The summed E-state index contributed by atoms with van der Waals surface area (Å²) in [5.74, 6) is -0.477. The lowest BCUT2D eigenvalue weighted by atomic mass is 10.0. The van der Waals surface area contributed by atoms with Crippen molar-refractivity contribution >= 4 is 0 Å². The van der Waals surface area contributed by atoms with Crippen LogP contribution in [0.3, 0.4) is 0 Å². The monoisotopic (exact) mass is 221 g/mol. The number of benzene rings is 1. The normalized spacial score (nSPS) is 21.4. The van der Waals surface area contributed by atoms with Gasteiger partial charge in [0.05, 0.1) is 6.61 Å². The van der Waals surface area contributed by atoms with Crippen LogP contribution in [0.1, 0.15) is 19.4 Å². The first kappa shape index (κ1) is 11.6. The van der Waals surface area contributed by atoms with Crippen molar-refractivity contribution in [3.8, 4) is 0 Å². The van der Waals surface area contributed by atoms with Gasteiger partial charge in [0.2, 0.25) is 5.91 Å². The molecule has 0 amide bonds. The van der Waals surface area contributed by atoms with Crippen LogP contribution in [0.2, 0.25) is 0 Å². The van der Waals surface area contributed by atoms with Gasteiger partial charge in [-0.3, -0.25) is 4.90 Å². The standard InChI is InChI=1S/C13H19NO2/c1-11-8-14(9-11)13(2,15)16-10-12-6-4-3-5-7-12/h3-7,11,15H,8-10H2,1-2H3. The number of ether oxygens (including phenoxy) is 1. The summed E-state index contributed by atoms with van der Waals surface area (Å²) >= 11 is 0. The zero-order valence-corrected chi connectivity index (χ0v) is 9.89. The highest BCUT2D eigenvalue weighted by Crippen LogP contribution is 2.25. The van der Waals surface area contributed by atoms with Crippen LogP contribution in [0.4, 0.5) is 0 Å². The Morgan fingerprint density at radius 2 is 2.00 bits per heavy atom. The Morgan fingerprint density at radius 3 is 2.56 bits per heavy atom. The largest absolute Gasteiger partial charge is 0.353 e. The van der Waals surface area contributed by atoms with E-state index in [1.54, 1.807) is 6.92 Å². The van der Waals surface area contributed by atoms with Gasteiger partial charge in [-0.2, -0.15) is 0 Å². The van der Waals surface area contributed by atoms with Gasteiger partial charge >= 0.3 is 0 Å². The third-order valence-electron chi connectivity index (χ3n) is 3.01. The number of hydrogen-bond acceptors (Lipinski definition) is 3. The van der Waals surface area contributed by atoms with Crippen molar-refractivity contribution in [2.75, 3.05) is 13.1 Å². The minimum atomic E-state index is -1.14. The first-order chi connectivity index (χ1) is 7.58. The molecule has 1 aliphatic rings. The maximum absolute atomic E-state index is 10.1. The summed E-state index contributed by atoms with van der Waals surface area (Å²) in [4.78, 5) is 1.95. The van der Waals surface area contributed by atoms with E-state index in [-0.39, 0.29) is 0 Å². The third-order valence-corrected chi connectivity index (χ3v) is 3.01. The van der Waals surface area contributed by atoms with Crippen molar-refractivity contribution in [2.24, 2.45) is 5.92 Å². The average Bonchev–Trinajstić information content (AvgIpc) is 2.24. The van der Waals surface area contributed by atoms with Gasteiger partial charge in [-0.1, -0.05) is 37.3 Å². The molecule has 1 aliphatic heterocycles. The lowest BCUT2D eigenvalue weighted by Gasteiger charge is -2.46. The lowest BCUT2D eigenvalue weighted by Crippen LogP contribution is -2.59. The van der Waals surface area contributed by atoms with Gasteiger partial charge in [0, 0.05) is 20.0 Å². The molecule has 16 heavy (non-hydrogen) atoms. The Kier molecular flexibility index (Phi) is 3.28. The van der Waals surface area contributed by atoms with Crippen LogP contribution in [-0.2, 0) is 11.3 Å². The van der Waals surface area contributed by atoms with Crippen molar-refractivity contribution in [3.05, 3.63) is 35.9 Å². The molecule has 1 heterocycles. The molecule has 88 valence electrons. The number of likely N-dealkylation sites (tertiary alicyclic amines) is 1. The molecule has 0 spiro atoms. The fraction of sp³-hybridized carbons (Fsp3) is 0.538. The predicted molar refractivity (Wildman–Crippen MR) is 62.6 cm³/mol. The quantitative estimate of drug-likeness (QED) is 0.787. The molecule has 1 aromatic carbocycles. The van der Waals surface area contributed by atoms with Crippen LogP contribution < -0.4 is 0 Å². The molecule has 1 fully saturated rings. The summed E-state index contributed by atoms with van der Waals surface area (Å²) in [6.45, 7) is 6.13. The zero-order chi connectivity index (χ0) is 11.6. The third kappa shape index (κ3) is 2.61. The van der Waals surface area contributed by atoms with Gasteiger partial charge in [0.15, 0.2) is 0 Å². The predicted octanol–water partition coefficient (Wildman–Crippen LogP) is 1.82. The molecule has 2 rings (SSSR count). The van der Waals surface area contributed by atoms with E-state index in [0.29, 0.717) is 12.5 Å². The molecule has 0 radical (unpaired) electrons. The highest BCUT2D eigenvalue weighted by Gasteiger charge is 2.37. The molecule has 0 saturated carbocycles. The average molecular weight is 221 g/mol. The number of aliphatic hydroxyl groups is 1. The minimum Gasteiger partial charge on any atom is -0.353 e. The van der Waals surface area contributed by atoms with Crippen LogP contribution in [0.25, 0.3) is 0 Å². The Hall–Kier alpha value is -0.900. The van der Waals surface area contributed by atoms with Crippen LogP contribution in [0.5, 0.6) is 0 Å². The highest BCUT2D eigenvalue weighted by molar-refractivity contribution is 5.13. The van der Waals surface area contributed by atoms with Crippen LogP contribution in [0, 0.1) is 5.92 Å². The molecule has 3 nitrogen and oxygen atoms in total. The van der Waals surface area contributed by atoms with Gasteiger partial charge < -0.3 is 9.84 Å². The molecule has 1 saturated heterocycles. The summed E-state index contributed by atoms with van der Waals surface area (Å²) < 4.78 is 5.55. The van der Waals surface area contributed by atoms with E-state index in [1.165, 1.54) is 0 Å². The second-order valence-corrected chi connectivity index (χ2v) is 4.72.